The summed E-state index contributed by atoms with van der Waals surface area (Å²) in [6.45, 7) is 2.57. The number of nitrogens with two attached hydrogens (primary N) is 1. The zero-order valence-electron chi connectivity index (χ0n) is 18.2. The van der Waals surface area contributed by atoms with Gasteiger partial charge in [-0.1, -0.05) is 19.1 Å². The minimum atomic E-state index is -0.908. The van der Waals surface area contributed by atoms with Crippen LogP contribution in [0.25, 0.3) is 0 Å². The fourth-order valence-corrected chi connectivity index (χ4v) is 3.63. The number of benzene rings is 3. The average molecular weight is 462 g/mol. The van der Waals surface area contributed by atoms with Crippen LogP contribution >= 0.6 is 0 Å². The standard InChI is InChI=1S/C26H20F2N2O4/c1-2-11-32-17-6-3-15(4-7-17)26(31)33-18-8-10-20-23(13-18)34-25(30)21(14-29)24(20)19-9-5-16(27)12-22(19)28/h3-10,12-13,24H,2,11,30H2,1H3. The number of carbonyl (C=O) groups is 1. The van der Waals surface area contributed by atoms with E-state index in [1.165, 1.54) is 18.2 Å². The van der Waals surface area contributed by atoms with E-state index in [2.05, 4.69) is 0 Å². The first kappa shape index (κ1) is 22.8. The monoisotopic (exact) mass is 462 g/mol. The summed E-state index contributed by atoms with van der Waals surface area (Å²) < 4.78 is 44.5. The van der Waals surface area contributed by atoms with Crippen molar-refractivity contribution in [1.29, 1.82) is 5.26 Å². The Labute approximate surface area is 194 Å². The minimum absolute atomic E-state index is 0.00636. The van der Waals surface area contributed by atoms with Crippen molar-refractivity contribution < 1.29 is 27.8 Å². The van der Waals surface area contributed by atoms with E-state index in [9.17, 15) is 18.8 Å². The Kier molecular flexibility index (Phi) is 6.46. The van der Waals surface area contributed by atoms with Crippen molar-refractivity contribution in [3.05, 3.63) is 100 Å². The van der Waals surface area contributed by atoms with Crippen molar-refractivity contribution in [2.24, 2.45) is 5.73 Å². The van der Waals surface area contributed by atoms with Gasteiger partial charge in [0.2, 0.25) is 5.88 Å². The molecule has 3 aromatic carbocycles. The summed E-state index contributed by atoms with van der Waals surface area (Å²) in [6.07, 6.45) is 0.869. The normalized spacial score (nSPS) is 14.6. The molecule has 1 heterocycles. The molecule has 0 radical (unpaired) electrons. The first-order valence-electron chi connectivity index (χ1n) is 10.5. The molecule has 3 aromatic rings. The van der Waals surface area contributed by atoms with Gasteiger partial charge in [0, 0.05) is 23.3 Å². The van der Waals surface area contributed by atoms with E-state index in [0.717, 1.165) is 18.6 Å². The van der Waals surface area contributed by atoms with Crippen molar-refractivity contribution in [3.8, 4) is 23.3 Å². The number of halogens is 2. The predicted octanol–water partition coefficient (Wildman–Crippen LogP) is 5.19. The number of allylic oxidation sites excluding steroid dienone is 1. The van der Waals surface area contributed by atoms with Gasteiger partial charge < -0.3 is 19.9 Å². The molecule has 172 valence electrons. The van der Waals surface area contributed by atoms with E-state index in [1.807, 2.05) is 13.0 Å². The lowest BCUT2D eigenvalue weighted by Crippen LogP contribution is -2.22. The summed E-state index contributed by atoms with van der Waals surface area (Å²) in [5.74, 6) is -2.27. The Hall–Kier alpha value is -4.38. The number of ether oxygens (including phenoxy) is 3. The largest absolute Gasteiger partial charge is 0.494 e. The SMILES string of the molecule is CCCOc1ccc(C(=O)Oc2ccc3c(c2)OC(N)=C(C#N)C3c2ccc(F)cc2F)cc1. The van der Waals surface area contributed by atoms with Crippen LogP contribution in [0.15, 0.2) is 72.1 Å². The number of nitriles is 1. The molecule has 8 heteroatoms. The van der Waals surface area contributed by atoms with Crippen LogP contribution < -0.4 is 19.9 Å². The van der Waals surface area contributed by atoms with Gasteiger partial charge in [0.15, 0.2) is 0 Å². The highest BCUT2D eigenvalue weighted by molar-refractivity contribution is 5.91. The minimum Gasteiger partial charge on any atom is -0.494 e. The zero-order chi connectivity index (χ0) is 24.2. The first-order chi connectivity index (χ1) is 16.4. The van der Waals surface area contributed by atoms with Crippen molar-refractivity contribution in [2.45, 2.75) is 19.3 Å². The van der Waals surface area contributed by atoms with Gasteiger partial charge in [-0.05, 0) is 42.8 Å². The summed E-state index contributed by atoms with van der Waals surface area (Å²) in [5.41, 5.74) is 6.73. The van der Waals surface area contributed by atoms with Gasteiger partial charge in [-0.15, -0.1) is 0 Å². The lowest BCUT2D eigenvalue weighted by Gasteiger charge is -2.27. The van der Waals surface area contributed by atoms with Crippen LogP contribution in [0.2, 0.25) is 0 Å². The highest BCUT2D eigenvalue weighted by Gasteiger charge is 2.33. The lowest BCUT2D eigenvalue weighted by atomic mass is 9.83. The van der Waals surface area contributed by atoms with E-state index in [0.29, 0.717) is 23.5 Å². The number of hydrogen-bond acceptors (Lipinski definition) is 6. The molecule has 1 aliphatic heterocycles. The maximum atomic E-state index is 14.6. The van der Waals surface area contributed by atoms with E-state index < -0.39 is 23.5 Å². The van der Waals surface area contributed by atoms with Crippen LogP contribution in [0.1, 0.15) is 40.7 Å². The lowest BCUT2D eigenvalue weighted by molar-refractivity contribution is 0.0734. The molecule has 0 spiro atoms. The van der Waals surface area contributed by atoms with Crippen molar-refractivity contribution >= 4 is 5.97 Å². The number of fused-ring (bicyclic) bond motifs is 1. The fraction of sp³-hybridized carbons (Fsp3) is 0.154. The third-order valence-corrected chi connectivity index (χ3v) is 5.24. The molecule has 0 aromatic heterocycles. The van der Waals surface area contributed by atoms with Gasteiger partial charge in [-0.3, -0.25) is 0 Å². The maximum Gasteiger partial charge on any atom is 0.343 e. The van der Waals surface area contributed by atoms with Crippen molar-refractivity contribution in [2.75, 3.05) is 6.61 Å². The molecule has 1 atom stereocenters. The second-order valence-corrected chi connectivity index (χ2v) is 7.55. The van der Waals surface area contributed by atoms with Crippen molar-refractivity contribution in [3.63, 3.8) is 0 Å². The second kappa shape index (κ2) is 9.63. The van der Waals surface area contributed by atoms with E-state index in [4.69, 9.17) is 19.9 Å². The quantitative estimate of drug-likeness (QED) is 0.400. The summed E-state index contributed by atoms with van der Waals surface area (Å²) in [6, 6.07) is 16.1. The van der Waals surface area contributed by atoms with Crippen LogP contribution in [0.5, 0.6) is 17.2 Å². The van der Waals surface area contributed by atoms with Crippen LogP contribution in [-0.2, 0) is 0 Å². The van der Waals surface area contributed by atoms with Gasteiger partial charge in [-0.25, -0.2) is 13.6 Å². The molecule has 4 rings (SSSR count). The Morgan fingerprint density at radius 3 is 2.44 bits per heavy atom. The summed E-state index contributed by atoms with van der Waals surface area (Å²) in [7, 11) is 0. The topological polar surface area (TPSA) is 94.6 Å². The highest BCUT2D eigenvalue weighted by atomic mass is 19.1. The zero-order valence-corrected chi connectivity index (χ0v) is 18.2. The van der Waals surface area contributed by atoms with Crippen LogP contribution in [0.4, 0.5) is 8.78 Å². The molecule has 1 unspecified atom stereocenters. The van der Waals surface area contributed by atoms with E-state index >= 15 is 0 Å². The van der Waals surface area contributed by atoms with Crippen molar-refractivity contribution in [1.82, 2.24) is 0 Å². The number of esters is 1. The molecule has 0 fully saturated rings. The van der Waals surface area contributed by atoms with Gasteiger partial charge in [0.1, 0.15) is 40.5 Å². The molecule has 0 aliphatic carbocycles. The maximum absolute atomic E-state index is 14.6. The molecule has 0 saturated heterocycles. The number of hydrogen-bond donors (Lipinski definition) is 1. The average Bonchev–Trinajstić information content (AvgIpc) is 2.82. The Morgan fingerprint density at radius 1 is 1.06 bits per heavy atom. The first-order valence-corrected chi connectivity index (χ1v) is 10.5. The number of rotatable bonds is 6. The molecule has 0 bridgehead atoms. The summed E-state index contributed by atoms with van der Waals surface area (Å²) in [4.78, 5) is 12.6. The Bertz CT molecular complexity index is 1310. The molecule has 0 saturated carbocycles. The number of carbonyl (C=O) groups excluding carboxylic acids is 1. The summed E-state index contributed by atoms with van der Waals surface area (Å²) >= 11 is 0. The van der Waals surface area contributed by atoms with E-state index in [-0.39, 0.29) is 28.5 Å². The van der Waals surface area contributed by atoms with Gasteiger partial charge in [-0.2, -0.15) is 5.26 Å². The Balaban J connectivity index is 1.61. The molecule has 2 N–H and O–H groups in total. The predicted molar refractivity (Wildman–Crippen MR) is 119 cm³/mol. The van der Waals surface area contributed by atoms with Gasteiger partial charge in [0.25, 0.3) is 0 Å². The van der Waals surface area contributed by atoms with Crippen LogP contribution in [0.3, 0.4) is 0 Å². The Morgan fingerprint density at radius 2 is 1.76 bits per heavy atom. The van der Waals surface area contributed by atoms with Gasteiger partial charge in [0.05, 0.1) is 18.1 Å². The second-order valence-electron chi connectivity index (χ2n) is 7.55. The summed E-state index contributed by atoms with van der Waals surface area (Å²) in [5, 5.41) is 9.59. The highest BCUT2D eigenvalue weighted by Crippen LogP contribution is 2.44. The smallest absolute Gasteiger partial charge is 0.343 e. The fourth-order valence-electron chi connectivity index (χ4n) is 3.63. The molecule has 6 nitrogen and oxygen atoms in total. The number of nitrogens with zero attached hydrogens (tertiary/aromatic N) is 1. The van der Waals surface area contributed by atoms with Crippen LogP contribution in [-0.4, -0.2) is 12.6 Å². The van der Waals surface area contributed by atoms with Gasteiger partial charge >= 0.3 is 5.97 Å². The third-order valence-electron chi connectivity index (χ3n) is 5.24. The third kappa shape index (κ3) is 4.55. The molecular weight excluding hydrogens is 442 g/mol. The molecule has 34 heavy (non-hydrogen) atoms. The molecular formula is C26H20F2N2O4. The van der Waals surface area contributed by atoms with Crippen LogP contribution in [0, 0.1) is 23.0 Å². The molecule has 0 amide bonds. The molecule has 1 aliphatic rings. The van der Waals surface area contributed by atoms with E-state index in [1.54, 1.807) is 30.3 Å².